The fourth-order valence-electron chi connectivity index (χ4n) is 4.01. The Balaban J connectivity index is 1.45. The van der Waals surface area contributed by atoms with Crippen LogP contribution in [0, 0.1) is 11.3 Å². The van der Waals surface area contributed by atoms with Gasteiger partial charge in [0.25, 0.3) is 0 Å². The molecular formula is C22H24N4O2S. The van der Waals surface area contributed by atoms with Gasteiger partial charge in [-0.1, -0.05) is 18.2 Å². The Hall–Kier alpha value is -2.85. The van der Waals surface area contributed by atoms with Gasteiger partial charge in [-0.05, 0) is 49.8 Å². The number of likely N-dealkylation sites (tertiary alicyclic amines) is 1. The highest BCUT2D eigenvalue weighted by molar-refractivity contribution is 7.16. The first-order valence-corrected chi connectivity index (χ1v) is 10.9. The lowest BCUT2D eigenvalue weighted by Crippen LogP contribution is -2.32. The van der Waals surface area contributed by atoms with E-state index in [1.165, 1.54) is 16.2 Å². The van der Waals surface area contributed by atoms with E-state index in [1.807, 2.05) is 29.2 Å². The van der Waals surface area contributed by atoms with Gasteiger partial charge < -0.3 is 15.5 Å². The molecular weight excluding hydrogens is 384 g/mol. The summed E-state index contributed by atoms with van der Waals surface area (Å²) in [6.07, 6.45) is 4.50. The number of nitrogens with zero attached hydrogens (tertiary/aromatic N) is 2. The van der Waals surface area contributed by atoms with Crippen molar-refractivity contribution in [2.45, 2.75) is 51.6 Å². The van der Waals surface area contributed by atoms with E-state index in [9.17, 15) is 14.9 Å². The standard InChI is InChI=1S/C22H24N4O2S/c1-14(21(28)25-22-17(12-23)16-7-4-9-19(16)29-22)24-18-8-3-2-6-15(18)13-26-11-5-10-20(26)27/h2-3,6,8,14,24H,4-5,7,9-11,13H2,1H3,(H,25,28). The molecule has 1 aliphatic heterocycles. The number of amides is 2. The maximum Gasteiger partial charge on any atom is 0.247 e. The van der Waals surface area contributed by atoms with E-state index in [1.54, 1.807) is 6.92 Å². The Kier molecular flexibility index (Phi) is 5.54. The topological polar surface area (TPSA) is 85.2 Å². The minimum absolute atomic E-state index is 0.173. The third-order valence-electron chi connectivity index (χ3n) is 5.59. The molecule has 1 aliphatic carbocycles. The number of thiophene rings is 1. The summed E-state index contributed by atoms with van der Waals surface area (Å²) < 4.78 is 0. The van der Waals surface area contributed by atoms with Crippen LogP contribution in [0.5, 0.6) is 0 Å². The summed E-state index contributed by atoms with van der Waals surface area (Å²) in [6.45, 7) is 3.14. The monoisotopic (exact) mass is 408 g/mol. The number of aryl methyl sites for hydroxylation is 1. The Labute approximate surface area is 174 Å². The van der Waals surface area contributed by atoms with Gasteiger partial charge in [0.05, 0.1) is 5.56 Å². The molecule has 1 aromatic heterocycles. The molecule has 1 aromatic carbocycles. The molecule has 1 fully saturated rings. The summed E-state index contributed by atoms with van der Waals surface area (Å²) >= 11 is 1.52. The van der Waals surface area contributed by atoms with E-state index in [0.29, 0.717) is 23.5 Å². The molecule has 2 aliphatic rings. The summed E-state index contributed by atoms with van der Waals surface area (Å²) in [6, 6.07) is 9.56. The predicted octanol–water partition coefficient (Wildman–Crippen LogP) is 3.67. The number of fused-ring (bicyclic) bond motifs is 1. The Morgan fingerprint density at radius 1 is 1.28 bits per heavy atom. The maximum absolute atomic E-state index is 12.8. The van der Waals surface area contributed by atoms with Crippen LogP contribution < -0.4 is 10.6 Å². The smallest absolute Gasteiger partial charge is 0.247 e. The molecule has 2 heterocycles. The Bertz CT molecular complexity index is 991. The van der Waals surface area contributed by atoms with Gasteiger partial charge in [-0.3, -0.25) is 9.59 Å². The minimum atomic E-state index is -0.478. The maximum atomic E-state index is 12.8. The number of nitriles is 1. The van der Waals surface area contributed by atoms with E-state index >= 15 is 0 Å². The van der Waals surface area contributed by atoms with E-state index in [2.05, 4.69) is 16.7 Å². The number of nitrogens with one attached hydrogen (secondary N) is 2. The van der Waals surface area contributed by atoms with E-state index in [0.717, 1.165) is 49.0 Å². The van der Waals surface area contributed by atoms with Crippen molar-refractivity contribution in [3.63, 3.8) is 0 Å². The Morgan fingerprint density at radius 3 is 2.86 bits per heavy atom. The highest BCUT2D eigenvalue weighted by atomic mass is 32.1. The van der Waals surface area contributed by atoms with E-state index < -0.39 is 6.04 Å². The Morgan fingerprint density at radius 2 is 2.10 bits per heavy atom. The highest BCUT2D eigenvalue weighted by Gasteiger charge is 2.25. The molecule has 0 bridgehead atoms. The van der Waals surface area contributed by atoms with Crippen LogP contribution >= 0.6 is 11.3 Å². The van der Waals surface area contributed by atoms with Crippen molar-refractivity contribution in [1.29, 1.82) is 5.26 Å². The largest absolute Gasteiger partial charge is 0.374 e. The zero-order valence-corrected chi connectivity index (χ0v) is 17.3. The van der Waals surface area contributed by atoms with Crippen molar-refractivity contribution in [2.75, 3.05) is 17.2 Å². The number of hydrogen-bond acceptors (Lipinski definition) is 5. The normalized spacial score (nSPS) is 16.4. The third kappa shape index (κ3) is 3.99. The van der Waals surface area contributed by atoms with Crippen LogP contribution in [0.25, 0.3) is 0 Å². The van der Waals surface area contributed by atoms with Crippen molar-refractivity contribution in [2.24, 2.45) is 0 Å². The number of carbonyl (C=O) groups excluding carboxylic acids is 2. The van der Waals surface area contributed by atoms with Gasteiger partial charge in [0.1, 0.15) is 17.1 Å². The lowest BCUT2D eigenvalue weighted by Gasteiger charge is -2.21. The van der Waals surface area contributed by atoms with Crippen molar-refractivity contribution in [1.82, 2.24) is 4.90 Å². The molecule has 4 rings (SSSR count). The lowest BCUT2D eigenvalue weighted by atomic mass is 10.1. The fourth-order valence-corrected chi connectivity index (χ4v) is 5.25. The van der Waals surface area contributed by atoms with Crippen LogP contribution in [-0.4, -0.2) is 29.3 Å². The third-order valence-corrected chi connectivity index (χ3v) is 6.79. The van der Waals surface area contributed by atoms with Crippen molar-refractivity contribution >= 4 is 33.8 Å². The molecule has 0 saturated carbocycles. The average Bonchev–Trinajstić information content (AvgIpc) is 3.40. The van der Waals surface area contributed by atoms with Crippen LogP contribution in [0.4, 0.5) is 10.7 Å². The zero-order valence-electron chi connectivity index (χ0n) is 16.5. The van der Waals surface area contributed by atoms with Crippen molar-refractivity contribution < 1.29 is 9.59 Å². The van der Waals surface area contributed by atoms with Crippen LogP contribution in [-0.2, 0) is 29.0 Å². The van der Waals surface area contributed by atoms with E-state index in [-0.39, 0.29) is 11.8 Å². The van der Waals surface area contributed by atoms with Gasteiger partial charge in [-0.15, -0.1) is 11.3 Å². The zero-order chi connectivity index (χ0) is 20.4. The summed E-state index contributed by atoms with van der Waals surface area (Å²) in [7, 11) is 0. The van der Waals surface area contributed by atoms with Crippen LogP contribution in [0.3, 0.4) is 0 Å². The van der Waals surface area contributed by atoms with Gasteiger partial charge in [-0.2, -0.15) is 5.26 Å². The van der Waals surface area contributed by atoms with Gasteiger partial charge in [0.15, 0.2) is 0 Å². The molecule has 1 saturated heterocycles. The number of hydrogen-bond donors (Lipinski definition) is 2. The summed E-state index contributed by atoms with van der Waals surface area (Å²) in [5.74, 6) is 0.00819. The van der Waals surface area contributed by atoms with Crippen molar-refractivity contribution in [3.8, 4) is 6.07 Å². The first-order valence-electron chi connectivity index (χ1n) is 10.0. The highest BCUT2D eigenvalue weighted by Crippen LogP contribution is 2.38. The second-order valence-electron chi connectivity index (χ2n) is 7.60. The van der Waals surface area contributed by atoms with Gasteiger partial charge in [0, 0.05) is 30.1 Å². The second kappa shape index (κ2) is 8.26. The fraction of sp³-hybridized carbons (Fsp3) is 0.409. The molecule has 7 heteroatoms. The van der Waals surface area contributed by atoms with Crippen LogP contribution in [0.2, 0.25) is 0 Å². The second-order valence-corrected chi connectivity index (χ2v) is 8.71. The van der Waals surface area contributed by atoms with Gasteiger partial charge in [-0.25, -0.2) is 0 Å². The van der Waals surface area contributed by atoms with Crippen LogP contribution in [0.1, 0.15) is 47.8 Å². The summed E-state index contributed by atoms with van der Waals surface area (Å²) in [5, 5.41) is 16.4. The molecule has 2 amide bonds. The van der Waals surface area contributed by atoms with Crippen LogP contribution in [0.15, 0.2) is 24.3 Å². The average molecular weight is 409 g/mol. The summed E-state index contributed by atoms with van der Waals surface area (Å²) in [5.41, 5.74) is 3.57. The number of para-hydroxylation sites is 1. The van der Waals surface area contributed by atoms with Gasteiger partial charge in [0.2, 0.25) is 11.8 Å². The molecule has 2 N–H and O–H groups in total. The minimum Gasteiger partial charge on any atom is -0.374 e. The number of carbonyl (C=O) groups is 2. The van der Waals surface area contributed by atoms with E-state index in [4.69, 9.17) is 0 Å². The lowest BCUT2D eigenvalue weighted by molar-refractivity contribution is -0.128. The number of benzene rings is 1. The molecule has 0 spiro atoms. The molecule has 150 valence electrons. The molecule has 0 radical (unpaired) electrons. The molecule has 1 atom stereocenters. The molecule has 1 unspecified atom stereocenters. The van der Waals surface area contributed by atoms with Crippen molar-refractivity contribution in [3.05, 3.63) is 45.8 Å². The molecule has 2 aromatic rings. The summed E-state index contributed by atoms with van der Waals surface area (Å²) in [4.78, 5) is 27.8. The molecule has 6 nitrogen and oxygen atoms in total. The first-order chi connectivity index (χ1) is 14.1. The number of anilines is 2. The number of rotatable bonds is 6. The first kappa shape index (κ1) is 19.5. The predicted molar refractivity (Wildman–Crippen MR) is 114 cm³/mol. The SMILES string of the molecule is CC(Nc1ccccc1CN1CCCC1=O)C(=O)Nc1sc2c(c1C#N)CCC2. The molecule has 29 heavy (non-hydrogen) atoms. The van der Waals surface area contributed by atoms with Gasteiger partial charge >= 0.3 is 0 Å². The quantitative estimate of drug-likeness (QED) is 0.764.